The molecule has 6 amide bonds. The quantitative estimate of drug-likeness (QED) is 0.0566. The Hall–Kier alpha value is -16.7. The molecular weight excluding hydrogens is 1720 g/mol. The number of aromatic nitrogens is 5. The Morgan fingerprint density at radius 3 is 1.29 bits per heavy atom. The molecule has 6 atom stereocenters. The van der Waals surface area contributed by atoms with Gasteiger partial charge in [-0.05, 0) is 187 Å². The fraction of sp³-hybridized carbons (Fsp3) is 0.229. The molecule has 0 aliphatic carbocycles. The first-order valence-corrected chi connectivity index (χ1v) is 45.7. The lowest BCUT2D eigenvalue weighted by Crippen LogP contribution is -2.21. The number of aryl methyl sites for hydroxylation is 1. The summed E-state index contributed by atoms with van der Waals surface area (Å²) in [7, 11) is 5.20. The minimum atomic E-state index is -0.0566. The van der Waals surface area contributed by atoms with E-state index in [0.29, 0.717) is 44.1 Å². The van der Waals surface area contributed by atoms with Crippen LogP contribution in [0.4, 0.5) is 68.2 Å². The van der Waals surface area contributed by atoms with Gasteiger partial charge < -0.3 is 82.1 Å². The maximum atomic E-state index is 11.9. The summed E-state index contributed by atoms with van der Waals surface area (Å²) < 4.78 is 25.9. The van der Waals surface area contributed by atoms with Gasteiger partial charge in [0.2, 0.25) is 35.4 Å². The number of nitrogens with zero attached hydrogens (tertiary/aromatic N) is 6. The van der Waals surface area contributed by atoms with Gasteiger partial charge in [-0.1, -0.05) is 133 Å². The van der Waals surface area contributed by atoms with Crippen LogP contribution in [-0.4, -0.2) is 110 Å². The summed E-state index contributed by atoms with van der Waals surface area (Å²) >= 11 is 0. The topological polar surface area (TPSA) is 364 Å². The molecule has 4 aromatic heterocycles. The highest BCUT2D eigenvalue weighted by molar-refractivity contribution is 6.06. The van der Waals surface area contributed by atoms with Crippen molar-refractivity contribution in [2.24, 2.45) is 7.05 Å². The van der Waals surface area contributed by atoms with Crippen LogP contribution in [0.5, 0.6) is 11.5 Å². The number of ether oxygens (including phenoxy) is 2. The summed E-state index contributed by atoms with van der Waals surface area (Å²) in [5, 5.41) is 58.3. The Kier molecular flexibility index (Phi) is 28.4. The number of benzene rings is 11. The van der Waals surface area contributed by atoms with E-state index in [0.717, 1.165) is 180 Å². The zero-order chi connectivity index (χ0) is 96.1. The number of oxazole rings is 1. The maximum absolute atomic E-state index is 11.9. The molecule has 21 rings (SSSR count). The van der Waals surface area contributed by atoms with E-state index in [1.807, 2.05) is 252 Å². The van der Waals surface area contributed by atoms with E-state index in [1.165, 1.54) is 6.39 Å². The molecule has 28 heteroatoms. The van der Waals surface area contributed by atoms with E-state index in [4.69, 9.17) is 23.6 Å². The van der Waals surface area contributed by atoms with Crippen molar-refractivity contribution in [3.63, 3.8) is 0 Å². The van der Waals surface area contributed by atoms with Gasteiger partial charge in [-0.25, -0.2) is 4.98 Å². The average molecular weight is 1830 g/mol. The van der Waals surface area contributed by atoms with Crippen LogP contribution in [0.1, 0.15) is 118 Å². The number of carbonyl (C=O) groups is 6. The van der Waals surface area contributed by atoms with Crippen molar-refractivity contribution in [3.8, 4) is 84.7 Å². The van der Waals surface area contributed by atoms with Gasteiger partial charge >= 0.3 is 0 Å². The molecule has 0 bridgehead atoms. The summed E-state index contributed by atoms with van der Waals surface area (Å²) in [5.41, 5.74) is 25.3. The second-order valence-corrected chi connectivity index (χ2v) is 35.8. The number of furan rings is 1. The number of rotatable bonds is 10. The lowest BCUT2D eigenvalue weighted by Gasteiger charge is -2.19. The second-order valence-electron chi connectivity index (χ2n) is 35.8. The Labute approximate surface area is 794 Å². The van der Waals surface area contributed by atoms with E-state index in [9.17, 15) is 28.8 Å². The summed E-state index contributed by atoms with van der Waals surface area (Å²) in [6, 6.07) is 75.5. The van der Waals surface area contributed by atoms with Crippen molar-refractivity contribution >= 4 is 138 Å². The summed E-state index contributed by atoms with van der Waals surface area (Å²) in [4.78, 5) is 75.3. The van der Waals surface area contributed by atoms with Gasteiger partial charge in [0.15, 0.2) is 12.2 Å². The second kappa shape index (κ2) is 41.6. The molecule has 6 aliphatic rings. The molecule has 0 fully saturated rings. The number of carbonyl (C=O) groups excluding carboxylic acids is 6. The van der Waals surface area contributed by atoms with E-state index < -0.39 is 0 Å². The van der Waals surface area contributed by atoms with Crippen LogP contribution in [0, 0.1) is 11.3 Å². The normalized spacial score (nSPS) is 17.2. The van der Waals surface area contributed by atoms with Crippen molar-refractivity contribution in [1.82, 2.24) is 24.5 Å². The molecule has 10 heterocycles. The third kappa shape index (κ3) is 22.6. The van der Waals surface area contributed by atoms with Crippen LogP contribution in [0.25, 0.3) is 101 Å². The molecule has 12 N–H and O–H groups in total. The molecule has 11 aromatic carbocycles. The number of anilines is 12. The van der Waals surface area contributed by atoms with Gasteiger partial charge in [-0.2, -0.15) is 15.5 Å². The van der Waals surface area contributed by atoms with E-state index in [1.54, 1.807) is 26.5 Å². The average Bonchev–Trinajstić information content (AvgIpc) is 1.63. The summed E-state index contributed by atoms with van der Waals surface area (Å²) in [5.74, 6) is 3.17. The van der Waals surface area contributed by atoms with Crippen molar-refractivity contribution in [1.29, 1.82) is 5.26 Å². The molecule has 15 aromatic rings. The molecule has 0 spiro atoms. The fourth-order valence-electron chi connectivity index (χ4n) is 17.2. The van der Waals surface area contributed by atoms with Crippen molar-refractivity contribution in [2.75, 3.05) is 78.0 Å². The predicted octanol–water partition coefficient (Wildman–Crippen LogP) is 22.6. The fourth-order valence-corrected chi connectivity index (χ4v) is 17.2. The molecule has 0 saturated carbocycles. The highest BCUT2D eigenvalue weighted by Gasteiger charge is 2.29. The van der Waals surface area contributed by atoms with Gasteiger partial charge in [0.1, 0.15) is 22.8 Å². The van der Waals surface area contributed by atoms with E-state index >= 15 is 0 Å². The molecule has 28 nitrogen and oxygen atoms in total. The van der Waals surface area contributed by atoms with Gasteiger partial charge in [-0.3, -0.25) is 38.1 Å². The third-order valence-electron chi connectivity index (χ3n) is 23.7. The van der Waals surface area contributed by atoms with Gasteiger partial charge in [-0.15, -0.1) is 0 Å². The number of nitrogens with one attached hydrogen (secondary N) is 12. The highest BCUT2D eigenvalue weighted by Crippen LogP contribution is 2.45. The number of hydrogen-bond donors (Lipinski definition) is 12. The van der Waals surface area contributed by atoms with Gasteiger partial charge in [0, 0.05) is 144 Å². The first-order chi connectivity index (χ1) is 66.1. The molecule has 696 valence electrons. The maximum Gasteiger partial charge on any atom is 0.226 e. The van der Waals surface area contributed by atoms with Crippen molar-refractivity contribution in [3.05, 3.63) is 272 Å². The number of methoxy groups -OCH3 is 2. The van der Waals surface area contributed by atoms with Crippen LogP contribution < -0.4 is 73.3 Å². The Morgan fingerprint density at radius 1 is 0.394 bits per heavy atom. The van der Waals surface area contributed by atoms with Crippen molar-refractivity contribution < 1.29 is 47.1 Å². The zero-order valence-electron chi connectivity index (χ0n) is 78.4. The largest absolute Gasteiger partial charge is 0.497 e. The third-order valence-corrected chi connectivity index (χ3v) is 23.7. The molecule has 0 radical (unpaired) electrons. The number of fused-ring (bicyclic) bond motifs is 8. The molecule has 0 saturated heterocycles. The molecule has 137 heavy (non-hydrogen) atoms. The Bertz CT molecular complexity index is 7040. The Balaban J connectivity index is 0.000000119. The summed E-state index contributed by atoms with van der Waals surface area (Å²) in [6.07, 6.45) is 15.8. The first-order valence-electron chi connectivity index (χ1n) is 45.7. The number of para-hydroxylation sites is 7. The molecular formula is C109H110N18O10. The van der Waals surface area contributed by atoms with Crippen LogP contribution in [0.2, 0.25) is 0 Å². The standard InChI is InChI=1S/C21H19N3O2.C18H18N4O.C18H20N2O3.C18H16N2O2.C17H22N4O.C17H15N3O/c1-14-10-20(25)24-18-7-3-5-16(21(18)23-14)9-8-15-4-2-6-17(11-15)19-12-22-13-26-19;1-11-8-17(23)21-15-5-3-4-14(18(15)20-11)12-6-7-16-13(9-12)10-19-22(16)2;1-11-7-17(21)20-16-6-4-5-15(18(16)19-11)12-8-13(22-2)10-14(9-12)23-3;1-11-9-17(21)20-14-7-4-6-13(18(14)19-11)16-10-12-5-2-3-8-15(12)22-16;1-11-8-15(22)20-14-7-5-6-13(16(14)19-11)12-9-18-21(10-12)17(2,3)4;1-11-8-16(21)20-15-7-3-6-14(17(15)19-11)13-5-2-4-12(9-13)10-18/h2-9,11-14,23H,10H2,1H3,(H,24,25);3-7,9-11,20H,8H2,1-2H3,(H,21,23);4-6,8-11,19H,7H2,1-3H3,(H,20,21);2-8,10-11,19H,9H2,1H3,(H,20,21);5-7,9-11,19H,8H2,1-4H3,(H,20,22);2-7,9,11,19H,8H2,1H3,(H,20,21)/b9-8+;;;;;/t14-;5*11-/m111111/s1. The molecule has 0 unspecified atom stereocenters. The van der Waals surface area contributed by atoms with Crippen molar-refractivity contribution in [2.45, 2.75) is 143 Å². The zero-order valence-corrected chi connectivity index (χ0v) is 78.4. The first kappa shape index (κ1) is 93.5. The lowest BCUT2D eigenvalue weighted by atomic mass is 10.0. The monoisotopic (exact) mass is 1830 g/mol. The predicted molar refractivity (Wildman–Crippen MR) is 547 cm³/mol. The minimum Gasteiger partial charge on any atom is -0.497 e. The highest BCUT2D eigenvalue weighted by atomic mass is 16.5. The van der Waals surface area contributed by atoms with Gasteiger partial charge in [0.25, 0.3) is 0 Å². The minimum absolute atomic E-state index is 0.0108. The van der Waals surface area contributed by atoms with E-state index in [-0.39, 0.29) is 77.2 Å². The number of nitriles is 1. The van der Waals surface area contributed by atoms with E-state index in [2.05, 4.69) is 161 Å². The van der Waals surface area contributed by atoms with Crippen LogP contribution in [-0.2, 0) is 41.4 Å². The van der Waals surface area contributed by atoms with Crippen LogP contribution in [0.15, 0.2) is 264 Å². The Morgan fingerprint density at radius 2 is 0.825 bits per heavy atom. The lowest BCUT2D eigenvalue weighted by molar-refractivity contribution is -0.117. The van der Waals surface area contributed by atoms with Crippen LogP contribution >= 0.6 is 0 Å². The number of amides is 6. The summed E-state index contributed by atoms with van der Waals surface area (Å²) in [6.45, 7) is 18.4. The van der Waals surface area contributed by atoms with Gasteiger partial charge in [0.05, 0.1) is 124 Å². The SMILES string of the molecule is COc1cc(OC)cc(-c2cccc3c2N[C@H](C)CC(=O)N3)c1.C[C@@H]1CC(=O)Nc2cccc(-c3cc4ccccc4o3)c2N1.C[C@@H]1CC(=O)Nc2cccc(-c3ccc4c(cnn4C)c3)c2N1.C[C@@H]1CC(=O)Nc2cccc(-c3cccc(C#N)c3)c2N1.C[C@@H]1CC(=O)Nc2cccc(-c3cnn(C(C)(C)C)c3)c2N1.C[C@@H]1CC(=O)Nc2cccc(/C=C/c3cccc(-c4cnco4)c3)c2N1. The number of hydrogen-bond acceptors (Lipinski definition) is 20. The van der Waals surface area contributed by atoms with Crippen LogP contribution in [0.3, 0.4) is 0 Å². The smallest absolute Gasteiger partial charge is 0.226 e. The molecule has 6 aliphatic heterocycles.